The third-order valence-corrected chi connectivity index (χ3v) is 5.30. The van der Waals surface area contributed by atoms with Gasteiger partial charge in [-0.3, -0.25) is 20.4 Å². The van der Waals surface area contributed by atoms with Crippen molar-refractivity contribution in [3.63, 3.8) is 0 Å². The Hall–Kier alpha value is -3.45. The first kappa shape index (κ1) is 17.9. The lowest BCUT2D eigenvalue weighted by Gasteiger charge is -2.06. The van der Waals surface area contributed by atoms with Crippen molar-refractivity contribution in [1.29, 1.82) is 0 Å². The second-order valence-electron chi connectivity index (χ2n) is 6.24. The molecule has 0 bridgehead atoms. The summed E-state index contributed by atoms with van der Waals surface area (Å²) in [5, 5.41) is 1.63. The van der Waals surface area contributed by atoms with Gasteiger partial charge in [-0.15, -0.1) is 11.3 Å². The van der Waals surface area contributed by atoms with Gasteiger partial charge in [-0.2, -0.15) is 0 Å². The molecule has 2 heterocycles. The molecule has 2 aromatic heterocycles. The molecule has 0 aliphatic rings. The smallest absolute Gasteiger partial charge is 0.305 e. The molecule has 2 aromatic carbocycles. The average molecular weight is 391 g/mol. The Kier molecular flexibility index (Phi) is 4.67. The van der Waals surface area contributed by atoms with E-state index >= 15 is 0 Å². The van der Waals surface area contributed by atoms with E-state index in [9.17, 15) is 9.59 Å². The third kappa shape index (κ3) is 3.27. The maximum absolute atomic E-state index is 12.7. The molecular weight excluding hydrogens is 374 g/mol. The molecule has 2 N–H and O–H groups in total. The van der Waals surface area contributed by atoms with Gasteiger partial charge in [0, 0.05) is 16.5 Å². The van der Waals surface area contributed by atoms with E-state index in [2.05, 4.69) is 15.8 Å². The van der Waals surface area contributed by atoms with E-state index in [-0.39, 0.29) is 5.76 Å². The van der Waals surface area contributed by atoms with Crippen molar-refractivity contribution in [3.8, 4) is 11.3 Å². The van der Waals surface area contributed by atoms with Crippen LogP contribution >= 0.6 is 11.3 Å². The minimum absolute atomic E-state index is 0.172. The van der Waals surface area contributed by atoms with Gasteiger partial charge < -0.3 is 4.42 Å². The zero-order valence-corrected chi connectivity index (χ0v) is 16.1. The minimum Gasteiger partial charge on any atom is -0.451 e. The van der Waals surface area contributed by atoms with Crippen LogP contribution in [0.1, 0.15) is 30.8 Å². The SMILES string of the molecule is Cc1nc(-c2ccccc2)c(C(=O)NNC(=O)c2oc3ccccc3c2C)s1. The summed E-state index contributed by atoms with van der Waals surface area (Å²) in [7, 11) is 0. The van der Waals surface area contributed by atoms with E-state index in [4.69, 9.17) is 4.42 Å². The standard InChI is InChI=1S/C21H17N3O3S/c1-12-15-10-6-7-11-16(15)27-18(12)20(25)23-24-21(26)19-17(22-13(2)28-19)14-8-4-3-5-9-14/h3-11H,1-2H3,(H,23,25)(H,24,26). The number of benzene rings is 2. The molecule has 0 atom stereocenters. The number of carbonyl (C=O) groups is 2. The molecule has 0 saturated heterocycles. The zero-order valence-electron chi connectivity index (χ0n) is 15.3. The third-order valence-electron chi connectivity index (χ3n) is 4.33. The number of nitrogens with one attached hydrogen (secondary N) is 2. The van der Waals surface area contributed by atoms with Crippen LogP contribution in [0.15, 0.2) is 59.0 Å². The quantitative estimate of drug-likeness (QED) is 0.512. The van der Waals surface area contributed by atoms with Crippen molar-refractivity contribution in [1.82, 2.24) is 15.8 Å². The van der Waals surface area contributed by atoms with E-state index in [0.717, 1.165) is 21.5 Å². The van der Waals surface area contributed by atoms with Crippen LogP contribution in [0.2, 0.25) is 0 Å². The highest BCUT2D eigenvalue weighted by atomic mass is 32.1. The molecule has 7 heteroatoms. The van der Waals surface area contributed by atoms with Crippen molar-refractivity contribution < 1.29 is 14.0 Å². The van der Waals surface area contributed by atoms with Crippen LogP contribution in [0.4, 0.5) is 0 Å². The van der Waals surface area contributed by atoms with Gasteiger partial charge in [0.15, 0.2) is 5.76 Å². The molecule has 0 aliphatic heterocycles. The Morgan fingerprint density at radius 3 is 2.36 bits per heavy atom. The second-order valence-corrected chi connectivity index (χ2v) is 7.44. The number of furan rings is 1. The molecule has 6 nitrogen and oxygen atoms in total. The molecule has 4 aromatic rings. The lowest BCUT2D eigenvalue weighted by atomic mass is 10.1. The summed E-state index contributed by atoms with van der Waals surface area (Å²) < 4.78 is 5.62. The van der Waals surface area contributed by atoms with Crippen LogP contribution in [0, 0.1) is 13.8 Å². The number of aromatic nitrogens is 1. The summed E-state index contributed by atoms with van der Waals surface area (Å²) in [5.74, 6) is -0.763. The Balaban J connectivity index is 1.53. The Bertz CT molecular complexity index is 1180. The van der Waals surface area contributed by atoms with Crippen LogP contribution in [-0.2, 0) is 0 Å². The molecule has 0 fully saturated rings. The van der Waals surface area contributed by atoms with E-state index in [1.807, 2.05) is 62.4 Å². The van der Waals surface area contributed by atoms with Crippen LogP contribution < -0.4 is 10.9 Å². The van der Waals surface area contributed by atoms with Gasteiger partial charge in [0.25, 0.3) is 5.91 Å². The molecule has 0 spiro atoms. The Labute approximate surface area is 165 Å². The first-order valence-corrected chi connectivity index (χ1v) is 9.48. The maximum atomic E-state index is 12.7. The fourth-order valence-corrected chi connectivity index (χ4v) is 3.83. The van der Waals surface area contributed by atoms with Gasteiger partial charge >= 0.3 is 5.91 Å². The molecule has 140 valence electrons. The number of rotatable bonds is 3. The van der Waals surface area contributed by atoms with Crippen molar-refractivity contribution in [2.45, 2.75) is 13.8 Å². The second kappa shape index (κ2) is 7.28. The van der Waals surface area contributed by atoms with E-state index in [1.165, 1.54) is 11.3 Å². The van der Waals surface area contributed by atoms with Crippen molar-refractivity contribution in [2.75, 3.05) is 0 Å². The largest absolute Gasteiger partial charge is 0.451 e. The van der Waals surface area contributed by atoms with Gasteiger partial charge in [-0.25, -0.2) is 4.98 Å². The van der Waals surface area contributed by atoms with Gasteiger partial charge in [-0.1, -0.05) is 48.5 Å². The summed E-state index contributed by atoms with van der Waals surface area (Å²) >= 11 is 1.27. The van der Waals surface area contributed by atoms with Gasteiger partial charge in [0.05, 0.1) is 10.7 Å². The zero-order chi connectivity index (χ0) is 19.7. The lowest BCUT2D eigenvalue weighted by molar-refractivity contribution is 0.0833. The minimum atomic E-state index is -0.510. The van der Waals surface area contributed by atoms with Crippen LogP contribution in [-0.4, -0.2) is 16.8 Å². The highest BCUT2D eigenvalue weighted by Gasteiger charge is 2.21. The lowest BCUT2D eigenvalue weighted by Crippen LogP contribution is -2.41. The Morgan fingerprint density at radius 1 is 0.929 bits per heavy atom. The number of thiazole rings is 1. The summed E-state index contributed by atoms with van der Waals surface area (Å²) in [4.78, 5) is 30.1. The summed E-state index contributed by atoms with van der Waals surface area (Å²) in [6.45, 7) is 3.65. The summed E-state index contributed by atoms with van der Waals surface area (Å²) in [5.41, 5.74) is 7.68. The topological polar surface area (TPSA) is 84.2 Å². The number of fused-ring (bicyclic) bond motifs is 1. The monoisotopic (exact) mass is 391 g/mol. The predicted molar refractivity (Wildman–Crippen MR) is 108 cm³/mol. The molecule has 0 aliphatic carbocycles. The molecular formula is C21H17N3O3S. The molecule has 0 radical (unpaired) electrons. The molecule has 4 rings (SSSR count). The highest BCUT2D eigenvalue weighted by molar-refractivity contribution is 7.14. The molecule has 0 saturated carbocycles. The first-order valence-electron chi connectivity index (χ1n) is 8.66. The number of hydrazine groups is 1. The van der Waals surface area contributed by atoms with Gasteiger partial charge in [0.2, 0.25) is 0 Å². The van der Waals surface area contributed by atoms with E-state index in [0.29, 0.717) is 16.2 Å². The van der Waals surface area contributed by atoms with E-state index in [1.54, 1.807) is 6.07 Å². The maximum Gasteiger partial charge on any atom is 0.305 e. The normalized spacial score (nSPS) is 10.8. The summed E-state index contributed by atoms with van der Waals surface area (Å²) in [6.07, 6.45) is 0. The summed E-state index contributed by atoms with van der Waals surface area (Å²) in [6, 6.07) is 16.9. The van der Waals surface area contributed by atoms with Gasteiger partial charge in [-0.05, 0) is 19.9 Å². The van der Waals surface area contributed by atoms with Crippen LogP contribution in [0.25, 0.3) is 22.2 Å². The number of carbonyl (C=O) groups excluding carboxylic acids is 2. The number of hydrogen-bond acceptors (Lipinski definition) is 5. The molecule has 0 unspecified atom stereocenters. The Morgan fingerprint density at radius 2 is 1.61 bits per heavy atom. The van der Waals surface area contributed by atoms with Crippen molar-refractivity contribution in [3.05, 3.63) is 75.8 Å². The van der Waals surface area contributed by atoms with E-state index < -0.39 is 11.8 Å². The van der Waals surface area contributed by atoms with Crippen LogP contribution in [0.3, 0.4) is 0 Å². The molecule has 2 amide bonds. The predicted octanol–water partition coefficient (Wildman–Crippen LogP) is 4.25. The van der Waals surface area contributed by atoms with Gasteiger partial charge in [0.1, 0.15) is 10.5 Å². The number of amides is 2. The number of para-hydroxylation sites is 1. The highest BCUT2D eigenvalue weighted by Crippen LogP contribution is 2.28. The number of hydrogen-bond donors (Lipinski definition) is 2. The number of nitrogens with zero attached hydrogens (tertiary/aromatic N) is 1. The fraction of sp³-hybridized carbons (Fsp3) is 0.0952. The van der Waals surface area contributed by atoms with Crippen molar-refractivity contribution in [2.24, 2.45) is 0 Å². The fourth-order valence-electron chi connectivity index (χ4n) is 2.99. The first-order chi connectivity index (χ1) is 13.5. The average Bonchev–Trinajstić information content (AvgIpc) is 3.27. The van der Waals surface area contributed by atoms with Crippen LogP contribution in [0.5, 0.6) is 0 Å². The number of aryl methyl sites for hydroxylation is 2. The molecule has 28 heavy (non-hydrogen) atoms. The van der Waals surface area contributed by atoms with Crippen molar-refractivity contribution >= 4 is 34.1 Å².